The fourth-order valence-electron chi connectivity index (χ4n) is 2.56. The van der Waals surface area contributed by atoms with Crippen LogP contribution in [0.5, 0.6) is 0 Å². The van der Waals surface area contributed by atoms with Gasteiger partial charge in [-0.3, -0.25) is 0 Å². The van der Waals surface area contributed by atoms with Gasteiger partial charge in [0.1, 0.15) is 0 Å². The van der Waals surface area contributed by atoms with Crippen LogP contribution in [0.2, 0.25) is 5.02 Å². The van der Waals surface area contributed by atoms with E-state index in [0.29, 0.717) is 16.8 Å². The Morgan fingerprint density at radius 3 is 2.95 bits per heavy atom. The molecule has 1 saturated heterocycles. The van der Waals surface area contributed by atoms with E-state index in [4.69, 9.17) is 11.6 Å². The van der Waals surface area contributed by atoms with Crippen molar-refractivity contribution in [2.24, 2.45) is 0 Å². The maximum Gasteiger partial charge on any atom is 0.321 e. The number of urea groups is 1. The molecule has 0 saturated carbocycles. The largest absolute Gasteiger partial charge is 0.323 e. The number of para-hydroxylation sites is 1. The van der Waals surface area contributed by atoms with E-state index in [1.165, 1.54) is 6.42 Å². The highest BCUT2D eigenvalue weighted by Gasteiger charge is 2.21. The molecule has 1 aromatic rings. The third-order valence-corrected chi connectivity index (χ3v) is 4.12. The van der Waals surface area contributed by atoms with Crippen molar-refractivity contribution in [3.63, 3.8) is 0 Å². The number of halogens is 1. The molecule has 1 unspecified atom stereocenters. The van der Waals surface area contributed by atoms with Crippen molar-refractivity contribution >= 4 is 23.3 Å². The van der Waals surface area contributed by atoms with Gasteiger partial charge in [0.15, 0.2) is 0 Å². The standard InChI is InChI=1S/C16H24ClN3O/c1-2-3-11-20(12-13-7-6-10-18-13)16(21)19-15-9-5-4-8-14(15)17/h4-5,8-9,13,18H,2-3,6-7,10-12H2,1H3,(H,19,21). The second-order valence-electron chi connectivity index (χ2n) is 5.50. The zero-order valence-electron chi connectivity index (χ0n) is 12.6. The summed E-state index contributed by atoms with van der Waals surface area (Å²) in [5.74, 6) is 0. The van der Waals surface area contributed by atoms with Gasteiger partial charge in [-0.2, -0.15) is 0 Å². The van der Waals surface area contributed by atoms with Crippen LogP contribution in [0.15, 0.2) is 24.3 Å². The lowest BCUT2D eigenvalue weighted by molar-refractivity contribution is 0.205. The van der Waals surface area contributed by atoms with Crippen molar-refractivity contribution in [3.8, 4) is 0 Å². The van der Waals surface area contributed by atoms with Gasteiger partial charge in [0.2, 0.25) is 0 Å². The molecule has 2 rings (SSSR count). The molecule has 1 fully saturated rings. The first-order chi connectivity index (χ1) is 10.2. The minimum atomic E-state index is -0.0646. The number of nitrogens with zero attached hydrogens (tertiary/aromatic N) is 1. The first-order valence-corrected chi connectivity index (χ1v) is 8.12. The van der Waals surface area contributed by atoms with Gasteiger partial charge >= 0.3 is 6.03 Å². The topological polar surface area (TPSA) is 44.4 Å². The second kappa shape index (κ2) is 8.25. The smallest absolute Gasteiger partial charge is 0.321 e. The molecule has 2 N–H and O–H groups in total. The van der Waals surface area contributed by atoms with Crippen LogP contribution in [0.3, 0.4) is 0 Å². The Morgan fingerprint density at radius 2 is 2.29 bits per heavy atom. The maximum absolute atomic E-state index is 12.5. The quantitative estimate of drug-likeness (QED) is 0.841. The van der Waals surface area contributed by atoms with Gasteiger partial charge in [0, 0.05) is 19.1 Å². The highest BCUT2D eigenvalue weighted by atomic mass is 35.5. The van der Waals surface area contributed by atoms with Gasteiger partial charge in [0.25, 0.3) is 0 Å². The van der Waals surface area contributed by atoms with Crippen molar-refractivity contribution in [1.82, 2.24) is 10.2 Å². The van der Waals surface area contributed by atoms with E-state index < -0.39 is 0 Å². The number of benzene rings is 1. The average molecular weight is 310 g/mol. The molecule has 4 nitrogen and oxygen atoms in total. The van der Waals surface area contributed by atoms with Crippen molar-refractivity contribution in [3.05, 3.63) is 29.3 Å². The predicted molar refractivity (Wildman–Crippen MR) is 88.0 cm³/mol. The molecule has 5 heteroatoms. The lowest BCUT2D eigenvalue weighted by Gasteiger charge is -2.26. The number of hydrogen-bond acceptors (Lipinski definition) is 2. The predicted octanol–water partition coefficient (Wildman–Crippen LogP) is 3.73. The molecule has 1 atom stereocenters. The van der Waals surface area contributed by atoms with Gasteiger partial charge in [-0.1, -0.05) is 37.1 Å². The number of carbonyl (C=O) groups is 1. The van der Waals surface area contributed by atoms with Gasteiger partial charge in [-0.25, -0.2) is 4.79 Å². The van der Waals surface area contributed by atoms with Crippen LogP contribution in [-0.4, -0.2) is 36.6 Å². The molecule has 1 heterocycles. The SMILES string of the molecule is CCCCN(CC1CCCN1)C(=O)Nc1ccccc1Cl. The Labute approximate surface area is 131 Å². The molecular formula is C16H24ClN3O. The fourth-order valence-corrected chi connectivity index (χ4v) is 2.74. The summed E-state index contributed by atoms with van der Waals surface area (Å²) in [7, 11) is 0. The Bertz CT molecular complexity index is 461. The van der Waals surface area contributed by atoms with E-state index >= 15 is 0 Å². The van der Waals surface area contributed by atoms with Crippen LogP contribution in [0.1, 0.15) is 32.6 Å². The Balaban J connectivity index is 1.97. The number of carbonyl (C=O) groups excluding carboxylic acids is 1. The van der Waals surface area contributed by atoms with E-state index in [-0.39, 0.29) is 6.03 Å². The molecule has 116 valence electrons. The van der Waals surface area contributed by atoms with E-state index in [1.807, 2.05) is 23.1 Å². The summed E-state index contributed by atoms with van der Waals surface area (Å²) < 4.78 is 0. The molecule has 1 aliphatic rings. The second-order valence-corrected chi connectivity index (χ2v) is 5.91. The zero-order chi connectivity index (χ0) is 15.1. The summed E-state index contributed by atoms with van der Waals surface area (Å²) >= 11 is 6.10. The monoisotopic (exact) mass is 309 g/mol. The summed E-state index contributed by atoms with van der Waals surface area (Å²) in [5.41, 5.74) is 0.671. The maximum atomic E-state index is 12.5. The van der Waals surface area contributed by atoms with Gasteiger partial charge in [0.05, 0.1) is 10.7 Å². The van der Waals surface area contributed by atoms with E-state index in [2.05, 4.69) is 17.6 Å². The first-order valence-electron chi connectivity index (χ1n) is 7.74. The molecule has 1 aliphatic heterocycles. The molecule has 0 aliphatic carbocycles. The number of rotatable bonds is 6. The summed E-state index contributed by atoms with van der Waals surface area (Å²) in [5, 5.41) is 6.94. The van der Waals surface area contributed by atoms with Gasteiger partial charge in [-0.15, -0.1) is 0 Å². The number of hydrogen-bond donors (Lipinski definition) is 2. The van der Waals surface area contributed by atoms with E-state index in [0.717, 1.165) is 38.9 Å². The van der Waals surface area contributed by atoms with Crippen LogP contribution in [0.4, 0.5) is 10.5 Å². The Kier molecular flexibility index (Phi) is 6.33. The lowest BCUT2D eigenvalue weighted by Crippen LogP contribution is -2.43. The molecule has 0 aromatic heterocycles. The van der Waals surface area contributed by atoms with Crippen LogP contribution in [0, 0.1) is 0 Å². The summed E-state index contributed by atoms with van der Waals surface area (Å²) in [6.45, 7) is 4.73. The molecule has 0 radical (unpaired) electrons. The lowest BCUT2D eigenvalue weighted by atomic mass is 10.2. The van der Waals surface area contributed by atoms with Crippen molar-refractivity contribution < 1.29 is 4.79 Å². The molecule has 1 aromatic carbocycles. The molecule has 21 heavy (non-hydrogen) atoms. The zero-order valence-corrected chi connectivity index (χ0v) is 13.3. The van der Waals surface area contributed by atoms with Crippen LogP contribution < -0.4 is 10.6 Å². The molecule has 0 bridgehead atoms. The van der Waals surface area contributed by atoms with Crippen LogP contribution in [-0.2, 0) is 0 Å². The van der Waals surface area contributed by atoms with Crippen LogP contribution in [0.25, 0.3) is 0 Å². The molecule has 2 amide bonds. The number of amides is 2. The van der Waals surface area contributed by atoms with Crippen molar-refractivity contribution in [2.45, 2.75) is 38.6 Å². The minimum absolute atomic E-state index is 0.0646. The number of nitrogens with one attached hydrogen (secondary N) is 2. The Morgan fingerprint density at radius 1 is 1.48 bits per heavy atom. The number of unbranched alkanes of at least 4 members (excludes halogenated alkanes) is 1. The average Bonchev–Trinajstić information content (AvgIpc) is 2.98. The van der Waals surface area contributed by atoms with Crippen molar-refractivity contribution in [1.29, 1.82) is 0 Å². The van der Waals surface area contributed by atoms with Crippen molar-refractivity contribution in [2.75, 3.05) is 25.0 Å². The highest BCUT2D eigenvalue weighted by molar-refractivity contribution is 6.33. The third-order valence-electron chi connectivity index (χ3n) is 3.79. The normalized spacial score (nSPS) is 17.7. The van der Waals surface area contributed by atoms with E-state index in [1.54, 1.807) is 6.07 Å². The van der Waals surface area contributed by atoms with Gasteiger partial charge < -0.3 is 15.5 Å². The third kappa shape index (κ3) is 4.90. The summed E-state index contributed by atoms with van der Waals surface area (Å²) in [4.78, 5) is 14.4. The molecular weight excluding hydrogens is 286 g/mol. The highest BCUT2D eigenvalue weighted by Crippen LogP contribution is 2.21. The minimum Gasteiger partial charge on any atom is -0.323 e. The first kappa shape index (κ1) is 16.1. The van der Waals surface area contributed by atoms with Crippen LogP contribution >= 0.6 is 11.6 Å². The summed E-state index contributed by atoms with van der Waals surface area (Å²) in [6, 6.07) is 7.69. The van der Waals surface area contributed by atoms with Gasteiger partial charge in [-0.05, 0) is 37.9 Å². The number of anilines is 1. The van der Waals surface area contributed by atoms with E-state index in [9.17, 15) is 4.79 Å². The summed E-state index contributed by atoms with van der Waals surface area (Å²) in [6.07, 6.45) is 4.43. The fraction of sp³-hybridized carbons (Fsp3) is 0.562. The Hall–Kier alpha value is -1.26. The molecule has 0 spiro atoms.